The molecule has 0 radical (unpaired) electrons. The van der Waals surface area contributed by atoms with Crippen LogP contribution in [0.3, 0.4) is 0 Å². The monoisotopic (exact) mass is 598 g/mol. The Bertz CT molecular complexity index is 2140. The molecule has 0 fully saturated rings. The van der Waals surface area contributed by atoms with Crippen molar-refractivity contribution in [3.8, 4) is 22.3 Å². The number of pyridine rings is 2. The summed E-state index contributed by atoms with van der Waals surface area (Å²) in [6.07, 6.45) is 7.15. The summed E-state index contributed by atoms with van der Waals surface area (Å²) in [6.45, 7) is 0. The van der Waals surface area contributed by atoms with Crippen LogP contribution < -0.4 is 0 Å². The van der Waals surface area contributed by atoms with Crippen LogP contribution in [0, 0.1) is 0 Å². The number of fused-ring (bicyclic) bond motifs is 4. The summed E-state index contributed by atoms with van der Waals surface area (Å²) in [4.78, 5) is 32.6. The maximum Gasteiger partial charge on any atom is 0.336 e. The van der Waals surface area contributed by atoms with Gasteiger partial charge in [-0.1, -0.05) is 97.1 Å². The van der Waals surface area contributed by atoms with Gasteiger partial charge < -0.3 is 10.2 Å². The average molecular weight is 599 g/mol. The van der Waals surface area contributed by atoms with Crippen LogP contribution in [0.2, 0.25) is 0 Å². The van der Waals surface area contributed by atoms with Crippen molar-refractivity contribution in [1.29, 1.82) is 0 Å². The fourth-order valence-corrected chi connectivity index (χ4v) is 6.35. The van der Waals surface area contributed by atoms with Gasteiger partial charge in [0, 0.05) is 24.8 Å². The van der Waals surface area contributed by atoms with Gasteiger partial charge in [0.2, 0.25) is 0 Å². The molecule has 220 valence electrons. The van der Waals surface area contributed by atoms with E-state index in [9.17, 15) is 19.8 Å². The van der Waals surface area contributed by atoms with Crippen LogP contribution in [-0.2, 0) is 0 Å². The lowest BCUT2D eigenvalue weighted by Gasteiger charge is -2.20. The molecule has 6 aromatic carbocycles. The van der Waals surface area contributed by atoms with Crippen molar-refractivity contribution in [2.24, 2.45) is 0 Å². The highest BCUT2D eigenvalue weighted by atomic mass is 16.4. The van der Waals surface area contributed by atoms with Crippen LogP contribution in [0.5, 0.6) is 0 Å². The molecule has 0 atom stereocenters. The van der Waals surface area contributed by atoms with Crippen LogP contribution >= 0.6 is 0 Å². The Balaban J connectivity index is 0.000000236. The van der Waals surface area contributed by atoms with Crippen molar-refractivity contribution in [2.75, 3.05) is 0 Å². The van der Waals surface area contributed by atoms with Crippen LogP contribution in [0.15, 0.2) is 146 Å². The van der Waals surface area contributed by atoms with Crippen LogP contribution in [0.4, 0.5) is 0 Å². The molecule has 2 heterocycles. The number of benzene rings is 6. The molecule has 2 N–H and O–H groups in total. The number of nitrogens with zero attached hydrogens (tertiary/aromatic N) is 2. The molecule has 2 aromatic heterocycles. The molecule has 0 saturated heterocycles. The Kier molecular flexibility index (Phi) is 7.37. The van der Waals surface area contributed by atoms with E-state index in [1.807, 2.05) is 121 Å². The van der Waals surface area contributed by atoms with E-state index < -0.39 is 11.9 Å². The third-order valence-electron chi connectivity index (χ3n) is 8.23. The summed E-state index contributed by atoms with van der Waals surface area (Å²) in [5.41, 5.74) is 4.69. The predicted molar refractivity (Wildman–Crippen MR) is 183 cm³/mol. The normalized spacial score (nSPS) is 11.0. The maximum absolute atomic E-state index is 12.4. The molecule has 46 heavy (non-hydrogen) atoms. The summed E-state index contributed by atoms with van der Waals surface area (Å²) in [5.74, 6) is -1.95. The minimum Gasteiger partial charge on any atom is -0.478 e. The molecular weight excluding hydrogens is 572 g/mol. The topological polar surface area (TPSA) is 100 Å². The first kappa shape index (κ1) is 28.4. The molecule has 0 spiro atoms. The summed E-state index contributed by atoms with van der Waals surface area (Å²) < 4.78 is 0. The highest BCUT2D eigenvalue weighted by molar-refractivity contribution is 6.30. The molecule has 0 aliphatic carbocycles. The lowest BCUT2D eigenvalue weighted by atomic mass is 9.83. The molecule has 0 amide bonds. The van der Waals surface area contributed by atoms with E-state index in [1.54, 1.807) is 24.8 Å². The zero-order chi connectivity index (χ0) is 31.6. The Morgan fingerprint density at radius 2 is 0.609 bits per heavy atom. The van der Waals surface area contributed by atoms with Gasteiger partial charge in [-0.15, -0.1) is 0 Å². The Morgan fingerprint density at radius 3 is 0.848 bits per heavy atom. The second-order valence-corrected chi connectivity index (χ2v) is 10.8. The largest absolute Gasteiger partial charge is 0.478 e. The van der Waals surface area contributed by atoms with Crippen molar-refractivity contribution in [3.63, 3.8) is 0 Å². The van der Waals surface area contributed by atoms with E-state index in [-0.39, 0.29) is 11.1 Å². The number of carboxylic acids is 2. The van der Waals surface area contributed by atoms with Crippen LogP contribution in [-0.4, -0.2) is 32.1 Å². The number of carbonyl (C=O) groups is 2. The molecule has 6 nitrogen and oxygen atoms in total. The Labute approximate surface area is 263 Å². The lowest BCUT2D eigenvalue weighted by Crippen LogP contribution is -2.03. The molecule has 8 aromatic rings. The van der Waals surface area contributed by atoms with Gasteiger partial charge in [-0.25, -0.2) is 9.59 Å². The fourth-order valence-electron chi connectivity index (χ4n) is 6.35. The van der Waals surface area contributed by atoms with Crippen molar-refractivity contribution >= 4 is 55.0 Å². The third-order valence-corrected chi connectivity index (χ3v) is 8.23. The van der Waals surface area contributed by atoms with Crippen LogP contribution in [0.25, 0.3) is 65.3 Å². The number of hydrogen-bond donors (Lipinski definition) is 2. The molecule has 0 unspecified atom stereocenters. The number of carboxylic acid groups (broad SMARTS) is 2. The highest BCUT2D eigenvalue weighted by Crippen LogP contribution is 2.46. The number of aromatic carboxylic acids is 2. The lowest BCUT2D eigenvalue weighted by molar-refractivity contribution is 0.0690. The molecule has 0 aliphatic heterocycles. The minimum atomic E-state index is -0.977. The summed E-state index contributed by atoms with van der Waals surface area (Å²) >= 11 is 0. The maximum atomic E-state index is 12.4. The second kappa shape index (κ2) is 11.9. The Hall–Kier alpha value is -6.40. The van der Waals surface area contributed by atoms with Crippen LogP contribution in [0.1, 0.15) is 20.7 Å². The number of rotatable bonds is 4. The fraction of sp³-hybridized carbons (Fsp3) is 0. The van der Waals surface area contributed by atoms with E-state index in [0.29, 0.717) is 21.5 Å². The van der Waals surface area contributed by atoms with Gasteiger partial charge in [0.15, 0.2) is 0 Å². The first-order chi connectivity index (χ1) is 22.5. The smallest absolute Gasteiger partial charge is 0.336 e. The number of hydrogen-bond acceptors (Lipinski definition) is 4. The second-order valence-electron chi connectivity index (χ2n) is 10.8. The van der Waals surface area contributed by atoms with E-state index in [4.69, 9.17) is 0 Å². The van der Waals surface area contributed by atoms with Crippen molar-refractivity contribution < 1.29 is 19.8 Å². The van der Waals surface area contributed by atoms with Gasteiger partial charge in [0.1, 0.15) is 0 Å². The van der Waals surface area contributed by atoms with Crippen molar-refractivity contribution in [3.05, 3.63) is 157 Å². The molecule has 8 rings (SSSR count). The first-order valence-electron chi connectivity index (χ1n) is 14.7. The van der Waals surface area contributed by atoms with Gasteiger partial charge in [0.05, 0.1) is 11.1 Å². The predicted octanol–water partition coefficient (Wildman–Crippen LogP) is 9.51. The van der Waals surface area contributed by atoms with Gasteiger partial charge in [-0.2, -0.15) is 0 Å². The molecule has 0 saturated carbocycles. The van der Waals surface area contributed by atoms with E-state index in [0.717, 1.165) is 32.7 Å². The standard InChI is InChI=1S/C30H18O4.C10H8N2/c31-29(32)27-21-13-5-1-9-17(21)25(18-10-2-6-14-22(18)27)26-19-11-3-7-15-23(19)28(30(33)34)24-16-8-4-12-20(24)26;1-5-11-6-2-9(1)10-3-7-12-8-4-10/h1-16H,(H,31,32)(H,33,34);1-8H. The minimum absolute atomic E-state index is 0.269. The highest BCUT2D eigenvalue weighted by Gasteiger charge is 2.24. The van der Waals surface area contributed by atoms with Gasteiger partial charge in [0.25, 0.3) is 0 Å². The van der Waals surface area contributed by atoms with Crippen molar-refractivity contribution in [2.45, 2.75) is 0 Å². The van der Waals surface area contributed by atoms with E-state index in [2.05, 4.69) is 9.97 Å². The number of aromatic nitrogens is 2. The first-order valence-corrected chi connectivity index (χ1v) is 14.7. The summed E-state index contributed by atoms with van der Waals surface area (Å²) in [5, 5.41) is 26.1. The molecule has 0 bridgehead atoms. The van der Waals surface area contributed by atoms with Gasteiger partial charge in [-0.05, 0) is 89.6 Å². The van der Waals surface area contributed by atoms with Gasteiger partial charge >= 0.3 is 11.9 Å². The quantitative estimate of drug-likeness (QED) is 0.196. The average Bonchev–Trinajstić information content (AvgIpc) is 3.10. The summed E-state index contributed by atoms with van der Waals surface area (Å²) in [7, 11) is 0. The summed E-state index contributed by atoms with van der Waals surface area (Å²) in [6, 6.07) is 38.0. The zero-order valence-electron chi connectivity index (χ0n) is 24.5. The van der Waals surface area contributed by atoms with E-state index >= 15 is 0 Å². The Morgan fingerprint density at radius 1 is 0.370 bits per heavy atom. The van der Waals surface area contributed by atoms with Crippen molar-refractivity contribution in [1.82, 2.24) is 9.97 Å². The van der Waals surface area contributed by atoms with E-state index in [1.165, 1.54) is 11.1 Å². The molecular formula is C40H26N2O4. The SMILES string of the molecule is O=C(O)c1c2ccccc2c(-c2c3ccccc3c(C(=O)O)c3ccccc23)c2ccccc12.c1cc(-c2ccncc2)ccn1. The molecule has 6 heteroatoms. The molecule has 0 aliphatic rings. The zero-order valence-corrected chi connectivity index (χ0v) is 24.5. The third kappa shape index (κ3) is 4.88. The van der Waals surface area contributed by atoms with Gasteiger partial charge in [-0.3, -0.25) is 9.97 Å².